The standard InChI is InChI=1S/C21H28N6S/c1-15-11-16(2)27(26-15)19-9-8-17(12-23-19)13-24-20(22-5)25-14-21(3,4)18-7-6-10-28-18/h6-12H,13-14H2,1-5H3,(H2,22,24,25). The van der Waals surface area contributed by atoms with Crippen LogP contribution >= 0.6 is 11.3 Å². The molecule has 28 heavy (non-hydrogen) atoms. The highest BCUT2D eigenvalue weighted by molar-refractivity contribution is 7.10. The van der Waals surface area contributed by atoms with Gasteiger partial charge in [-0.05, 0) is 43.0 Å². The van der Waals surface area contributed by atoms with Crippen molar-refractivity contribution in [2.45, 2.75) is 39.7 Å². The molecule has 0 amide bonds. The van der Waals surface area contributed by atoms with Crippen LogP contribution in [0.1, 0.15) is 35.7 Å². The third-order valence-corrected chi connectivity index (χ3v) is 5.84. The van der Waals surface area contributed by atoms with Crippen LogP contribution in [0.15, 0.2) is 46.9 Å². The number of nitrogens with one attached hydrogen (secondary N) is 2. The lowest BCUT2D eigenvalue weighted by atomic mass is 9.91. The summed E-state index contributed by atoms with van der Waals surface area (Å²) in [5, 5.41) is 13.4. The van der Waals surface area contributed by atoms with Crippen LogP contribution in [0.4, 0.5) is 0 Å². The Morgan fingerprint density at radius 2 is 2.04 bits per heavy atom. The molecule has 0 unspecified atom stereocenters. The predicted octanol–water partition coefficient (Wildman–Crippen LogP) is 3.59. The van der Waals surface area contributed by atoms with E-state index in [4.69, 9.17) is 0 Å². The molecule has 0 aliphatic carbocycles. The Labute approximate surface area is 170 Å². The van der Waals surface area contributed by atoms with Crippen LogP contribution in [0.25, 0.3) is 5.82 Å². The number of guanidine groups is 1. The lowest BCUT2D eigenvalue weighted by molar-refractivity contribution is 0.518. The number of thiophene rings is 1. The van der Waals surface area contributed by atoms with Crippen molar-refractivity contribution in [2.24, 2.45) is 4.99 Å². The molecule has 0 atom stereocenters. The summed E-state index contributed by atoms with van der Waals surface area (Å²) in [7, 11) is 1.79. The third kappa shape index (κ3) is 4.78. The smallest absolute Gasteiger partial charge is 0.191 e. The first-order valence-corrected chi connectivity index (χ1v) is 10.2. The summed E-state index contributed by atoms with van der Waals surface area (Å²) >= 11 is 1.79. The van der Waals surface area contributed by atoms with Crippen molar-refractivity contribution < 1.29 is 0 Å². The van der Waals surface area contributed by atoms with E-state index in [-0.39, 0.29) is 5.41 Å². The molecular formula is C21H28N6S. The van der Waals surface area contributed by atoms with E-state index in [2.05, 4.69) is 63.1 Å². The number of hydrogen-bond donors (Lipinski definition) is 2. The van der Waals surface area contributed by atoms with Gasteiger partial charge in [0.25, 0.3) is 0 Å². The van der Waals surface area contributed by atoms with Gasteiger partial charge in [0, 0.05) is 42.3 Å². The molecule has 6 nitrogen and oxygen atoms in total. The van der Waals surface area contributed by atoms with Gasteiger partial charge >= 0.3 is 0 Å². The number of rotatable bonds is 6. The highest BCUT2D eigenvalue weighted by atomic mass is 32.1. The van der Waals surface area contributed by atoms with Gasteiger partial charge < -0.3 is 10.6 Å². The maximum Gasteiger partial charge on any atom is 0.191 e. The first kappa shape index (κ1) is 20.1. The zero-order valence-corrected chi connectivity index (χ0v) is 18.0. The van der Waals surface area contributed by atoms with Crippen LogP contribution in [0, 0.1) is 13.8 Å². The highest BCUT2D eigenvalue weighted by Gasteiger charge is 2.21. The maximum atomic E-state index is 4.55. The number of hydrogen-bond acceptors (Lipinski definition) is 4. The minimum absolute atomic E-state index is 0.0503. The lowest BCUT2D eigenvalue weighted by Crippen LogP contribution is -2.42. The Kier molecular flexibility index (Phi) is 6.14. The molecule has 0 aromatic carbocycles. The predicted molar refractivity (Wildman–Crippen MR) is 116 cm³/mol. The second kappa shape index (κ2) is 8.56. The SMILES string of the molecule is CN=C(NCc1ccc(-n2nc(C)cc2C)nc1)NCC(C)(C)c1cccs1. The molecule has 0 radical (unpaired) electrons. The van der Waals surface area contributed by atoms with Crippen LogP contribution in [0.5, 0.6) is 0 Å². The van der Waals surface area contributed by atoms with Gasteiger partial charge in [0.2, 0.25) is 0 Å². The second-order valence-electron chi connectivity index (χ2n) is 7.50. The van der Waals surface area contributed by atoms with Crippen LogP contribution < -0.4 is 10.6 Å². The zero-order valence-electron chi connectivity index (χ0n) is 17.2. The molecule has 0 saturated heterocycles. The van der Waals surface area contributed by atoms with Crippen molar-refractivity contribution in [3.05, 3.63) is 63.7 Å². The summed E-state index contributed by atoms with van der Waals surface area (Å²) in [4.78, 5) is 10.2. The monoisotopic (exact) mass is 396 g/mol. The van der Waals surface area contributed by atoms with E-state index in [1.165, 1.54) is 4.88 Å². The molecule has 148 valence electrons. The van der Waals surface area contributed by atoms with Gasteiger partial charge in [0.05, 0.1) is 5.69 Å². The number of aromatic nitrogens is 3. The molecule has 0 spiro atoms. The molecule has 0 saturated carbocycles. The summed E-state index contributed by atoms with van der Waals surface area (Å²) in [6.07, 6.45) is 1.88. The third-order valence-electron chi connectivity index (χ3n) is 4.61. The molecule has 0 bridgehead atoms. The molecular weight excluding hydrogens is 368 g/mol. The Morgan fingerprint density at radius 3 is 2.61 bits per heavy atom. The molecule has 0 aliphatic rings. The first-order valence-electron chi connectivity index (χ1n) is 9.36. The van der Waals surface area contributed by atoms with Crippen LogP contribution in [0.2, 0.25) is 0 Å². The second-order valence-corrected chi connectivity index (χ2v) is 8.45. The Morgan fingerprint density at radius 1 is 1.21 bits per heavy atom. The van der Waals surface area contributed by atoms with Crippen molar-refractivity contribution >= 4 is 17.3 Å². The zero-order chi connectivity index (χ0) is 20.1. The number of aryl methyl sites for hydroxylation is 2. The van der Waals surface area contributed by atoms with Gasteiger partial charge in [-0.2, -0.15) is 5.10 Å². The first-order chi connectivity index (χ1) is 13.4. The van der Waals surface area contributed by atoms with E-state index >= 15 is 0 Å². The Hall–Kier alpha value is -2.67. The van der Waals surface area contributed by atoms with Crippen LogP contribution in [-0.4, -0.2) is 34.3 Å². The summed E-state index contributed by atoms with van der Waals surface area (Å²) in [6.45, 7) is 9.96. The molecule has 3 aromatic heterocycles. The van der Waals surface area contributed by atoms with Crippen molar-refractivity contribution in [3.8, 4) is 5.82 Å². The Bertz CT molecular complexity index is 922. The molecule has 0 aliphatic heterocycles. The number of nitrogens with zero attached hydrogens (tertiary/aromatic N) is 4. The topological polar surface area (TPSA) is 67.1 Å². The van der Waals surface area contributed by atoms with Gasteiger partial charge in [-0.3, -0.25) is 4.99 Å². The average Bonchev–Trinajstić information content (AvgIpc) is 3.32. The Balaban J connectivity index is 1.56. The highest BCUT2D eigenvalue weighted by Crippen LogP contribution is 2.26. The van der Waals surface area contributed by atoms with E-state index in [1.54, 1.807) is 18.4 Å². The van der Waals surface area contributed by atoms with Crippen LogP contribution in [-0.2, 0) is 12.0 Å². The molecule has 3 aromatic rings. The fourth-order valence-electron chi connectivity index (χ4n) is 2.97. The van der Waals surface area contributed by atoms with Gasteiger partial charge in [-0.15, -0.1) is 11.3 Å². The van der Waals surface area contributed by atoms with Crippen LogP contribution in [0.3, 0.4) is 0 Å². The van der Waals surface area contributed by atoms with Crippen molar-refractivity contribution in [2.75, 3.05) is 13.6 Å². The molecule has 3 heterocycles. The number of aliphatic imine (C=N–C) groups is 1. The van der Waals surface area contributed by atoms with Crippen molar-refractivity contribution in [1.29, 1.82) is 0 Å². The van der Waals surface area contributed by atoms with Crippen molar-refractivity contribution in [3.63, 3.8) is 0 Å². The van der Waals surface area contributed by atoms with E-state index in [1.807, 2.05) is 36.9 Å². The van der Waals surface area contributed by atoms with E-state index < -0.39 is 0 Å². The van der Waals surface area contributed by atoms with Crippen molar-refractivity contribution in [1.82, 2.24) is 25.4 Å². The molecule has 2 N–H and O–H groups in total. The quantitative estimate of drug-likeness (QED) is 0.494. The maximum absolute atomic E-state index is 4.55. The minimum Gasteiger partial charge on any atom is -0.356 e. The number of pyridine rings is 1. The summed E-state index contributed by atoms with van der Waals surface area (Å²) in [5.74, 6) is 1.61. The molecule has 7 heteroatoms. The molecule has 3 rings (SSSR count). The van der Waals surface area contributed by atoms with E-state index in [9.17, 15) is 0 Å². The molecule has 0 fully saturated rings. The van der Waals surface area contributed by atoms with E-state index in [0.29, 0.717) is 6.54 Å². The van der Waals surface area contributed by atoms with E-state index in [0.717, 1.165) is 35.3 Å². The van der Waals surface area contributed by atoms with Gasteiger partial charge in [-0.1, -0.05) is 26.0 Å². The summed E-state index contributed by atoms with van der Waals surface area (Å²) in [6, 6.07) is 10.4. The minimum atomic E-state index is 0.0503. The van der Waals surface area contributed by atoms with Gasteiger partial charge in [-0.25, -0.2) is 9.67 Å². The van der Waals surface area contributed by atoms with Gasteiger partial charge in [0.15, 0.2) is 11.8 Å². The largest absolute Gasteiger partial charge is 0.356 e. The fourth-order valence-corrected chi connectivity index (χ4v) is 3.82. The lowest BCUT2D eigenvalue weighted by Gasteiger charge is -2.25. The normalized spacial score (nSPS) is 12.2. The summed E-state index contributed by atoms with van der Waals surface area (Å²) in [5.41, 5.74) is 3.21. The summed E-state index contributed by atoms with van der Waals surface area (Å²) < 4.78 is 1.86. The fraction of sp³-hybridized carbons (Fsp3) is 0.381. The van der Waals surface area contributed by atoms with Gasteiger partial charge in [0.1, 0.15) is 0 Å². The average molecular weight is 397 g/mol.